The number of carbonyl (C=O) groups is 1. The summed E-state index contributed by atoms with van der Waals surface area (Å²) in [6.07, 6.45) is 1.90. The predicted octanol–water partition coefficient (Wildman–Crippen LogP) is 1.27. The largest absolute Gasteiger partial charge is 0.381 e. The maximum absolute atomic E-state index is 13.4. The van der Waals surface area contributed by atoms with Gasteiger partial charge in [-0.3, -0.25) is 10.6 Å². The lowest BCUT2D eigenvalue weighted by atomic mass is 10.1. The number of hydrogen-bond donors (Lipinski definition) is 3. The second-order valence-electron chi connectivity index (χ2n) is 4.58. The first kappa shape index (κ1) is 13.8. The van der Waals surface area contributed by atoms with E-state index in [0.29, 0.717) is 12.5 Å². The molecular weight excluding hydrogens is 249 g/mol. The first-order valence-electron chi connectivity index (χ1n) is 6.33. The fraction of sp³-hybridized carbons (Fsp3) is 0.462. The number of carbonyl (C=O) groups excluding carboxylic acids is 1. The summed E-state index contributed by atoms with van der Waals surface area (Å²) in [4.78, 5) is 11.9. The van der Waals surface area contributed by atoms with Crippen LogP contribution in [0.1, 0.15) is 23.2 Å². The van der Waals surface area contributed by atoms with E-state index in [2.05, 4.69) is 10.7 Å². The Morgan fingerprint density at radius 1 is 1.53 bits per heavy atom. The number of hydrazine groups is 1. The fourth-order valence-electron chi connectivity index (χ4n) is 2.16. The van der Waals surface area contributed by atoms with Gasteiger partial charge in [-0.1, -0.05) is 6.07 Å². The van der Waals surface area contributed by atoms with Crippen LogP contribution in [0.5, 0.6) is 0 Å². The molecule has 104 valence electrons. The van der Waals surface area contributed by atoms with Crippen LogP contribution in [-0.2, 0) is 4.74 Å². The number of amides is 1. The van der Waals surface area contributed by atoms with E-state index in [4.69, 9.17) is 10.6 Å². The summed E-state index contributed by atoms with van der Waals surface area (Å²) < 4.78 is 18.7. The molecular formula is C13H18FN3O2. The van der Waals surface area contributed by atoms with Crippen molar-refractivity contribution in [2.45, 2.75) is 12.8 Å². The number of para-hydroxylation sites is 1. The van der Waals surface area contributed by atoms with Crippen LogP contribution in [0.4, 0.5) is 10.1 Å². The molecule has 0 aromatic heterocycles. The van der Waals surface area contributed by atoms with Gasteiger partial charge in [0.15, 0.2) is 0 Å². The van der Waals surface area contributed by atoms with E-state index in [9.17, 15) is 9.18 Å². The molecule has 1 unspecified atom stereocenters. The van der Waals surface area contributed by atoms with Gasteiger partial charge in [0.25, 0.3) is 5.91 Å². The van der Waals surface area contributed by atoms with E-state index in [1.54, 1.807) is 0 Å². The zero-order valence-corrected chi connectivity index (χ0v) is 10.6. The van der Waals surface area contributed by atoms with Crippen molar-refractivity contribution in [2.24, 2.45) is 11.8 Å². The van der Waals surface area contributed by atoms with E-state index >= 15 is 0 Å². The minimum absolute atomic E-state index is 0.0178. The van der Waals surface area contributed by atoms with Crippen molar-refractivity contribution in [1.82, 2.24) is 5.32 Å². The van der Waals surface area contributed by atoms with Crippen LogP contribution in [0, 0.1) is 11.7 Å². The highest BCUT2D eigenvalue weighted by Gasteiger charge is 2.17. The molecule has 2 rings (SSSR count). The van der Waals surface area contributed by atoms with Crippen molar-refractivity contribution in [1.29, 1.82) is 0 Å². The third-order valence-corrected chi connectivity index (χ3v) is 3.26. The van der Waals surface area contributed by atoms with E-state index in [0.717, 1.165) is 26.1 Å². The molecule has 19 heavy (non-hydrogen) atoms. The number of nitrogens with two attached hydrogens (primary N) is 1. The molecule has 1 aromatic carbocycles. The molecule has 1 aliphatic heterocycles. The van der Waals surface area contributed by atoms with Crippen molar-refractivity contribution in [2.75, 3.05) is 25.2 Å². The highest BCUT2D eigenvalue weighted by atomic mass is 19.1. The zero-order valence-electron chi connectivity index (χ0n) is 10.6. The number of benzene rings is 1. The Hall–Kier alpha value is -1.66. The number of rotatable bonds is 5. The van der Waals surface area contributed by atoms with Gasteiger partial charge in [-0.15, -0.1) is 0 Å². The highest BCUT2D eigenvalue weighted by Crippen LogP contribution is 2.19. The second-order valence-corrected chi connectivity index (χ2v) is 4.58. The lowest BCUT2D eigenvalue weighted by Crippen LogP contribution is -2.27. The van der Waals surface area contributed by atoms with Crippen LogP contribution >= 0.6 is 0 Å². The van der Waals surface area contributed by atoms with Crippen molar-refractivity contribution in [3.05, 3.63) is 29.6 Å². The molecule has 1 atom stereocenters. The highest BCUT2D eigenvalue weighted by molar-refractivity contribution is 5.99. The van der Waals surface area contributed by atoms with Crippen LogP contribution in [0.3, 0.4) is 0 Å². The zero-order chi connectivity index (χ0) is 13.7. The Balaban J connectivity index is 1.90. The first-order chi connectivity index (χ1) is 9.22. The number of hydrogen-bond acceptors (Lipinski definition) is 4. The summed E-state index contributed by atoms with van der Waals surface area (Å²) in [5.41, 5.74) is 2.45. The summed E-state index contributed by atoms with van der Waals surface area (Å²) in [5.74, 6) is 4.86. The molecule has 1 heterocycles. The number of nitrogens with one attached hydrogen (secondary N) is 2. The molecule has 1 amide bonds. The topological polar surface area (TPSA) is 76.4 Å². The molecule has 0 bridgehead atoms. The van der Waals surface area contributed by atoms with Crippen LogP contribution in [-0.4, -0.2) is 25.7 Å². The number of nitrogen functional groups attached to an aromatic ring is 1. The molecule has 4 N–H and O–H groups in total. The maximum Gasteiger partial charge on any atom is 0.253 e. The van der Waals surface area contributed by atoms with Gasteiger partial charge in [0, 0.05) is 19.8 Å². The molecule has 5 nitrogen and oxygen atoms in total. The summed E-state index contributed by atoms with van der Waals surface area (Å²) in [6, 6.07) is 4.27. The number of halogens is 1. The van der Waals surface area contributed by atoms with Gasteiger partial charge in [-0.25, -0.2) is 4.39 Å². The van der Waals surface area contributed by atoms with E-state index in [1.165, 1.54) is 18.2 Å². The van der Waals surface area contributed by atoms with Crippen LogP contribution in [0.15, 0.2) is 18.2 Å². The maximum atomic E-state index is 13.4. The van der Waals surface area contributed by atoms with Crippen LogP contribution < -0.4 is 16.6 Å². The quantitative estimate of drug-likeness (QED) is 0.554. The van der Waals surface area contributed by atoms with Crippen LogP contribution in [0.2, 0.25) is 0 Å². The average molecular weight is 267 g/mol. The van der Waals surface area contributed by atoms with Gasteiger partial charge in [-0.2, -0.15) is 0 Å². The summed E-state index contributed by atoms with van der Waals surface area (Å²) in [7, 11) is 0. The first-order valence-corrected chi connectivity index (χ1v) is 6.33. The van der Waals surface area contributed by atoms with Crippen molar-refractivity contribution >= 4 is 11.6 Å². The normalized spacial score (nSPS) is 18.3. The Labute approximate surface area is 111 Å². The smallest absolute Gasteiger partial charge is 0.253 e. The van der Waals surface area contributed by atoms with E-state index in [-0.39, 0.29) is 17.2 Å². The Bertz CT molecular complexity index is 448. The number of anilines is 1. The molecule has 0 spiro atoms. The minimum Gasteiger partial charge on any atom is -0.381 e. The summed E-state index contributed by atoms with van der Waals surface area (Å²) >= 11 is 0. The fourth-order valence-corrected chi connectivity index (χ4v) is 2.16. The average Bonchev–Trinajstić information content (AvgIpc) is 2.91. The molecule has 1 aromatic rings. The Kier molecular flexibility index (Phi) is 4.70. The summed E-state index contributed by atoms with van der Waals surface area (Å²) in [5, 5.41) is 2.77. The van der Waals surface area contributed by atoms with Crippen molar-refractivity contribution in [3.8, 4) is 0 Å². The van der Waals surface area contributed by atoms with E-state index < -0.39 is 5.82 Å². The van der Waals surface area contributed by atoms with Gasteiger partial charge in [0.05, 0.1) is 11.3 Å². The second kappa shape index (κ2) is 6.49. The van der Waals surface area contributed by atoms with E-state index in [1.807, 2.05) is 0 Å². The third-order valence-electron chi connectivity index (χ3n) is 3.26. The van der Waals surface area contributed by atoms with Crippen LogP contribution in [0.25, 0.3) is 0 Å². The van der Waals surface area contributed by atoms with Gasteiger partial charge in [-0.05, 0) is 30.9 Å². The molecule has 0 aliphatic carbocycles. The molecule has 0 saturated carbocycles. The molecule has 1 aliphatic rings. The molecule has 1 saturated heterocycles. The minimum atomic E-state index is -0.542. The van der Waals surface area contributed by atoms with Crippen molar-refractivity contribution < 1.29 is 13.9 Å². The monoisotopic (exact) mass is 267 g/mol. The lowest BCUT2D eigenvalue weighted by Gasteiger charge is -2.11. The summed E-state index contributed by atoms with van der Waals surface area (Å²) in [6.45, 7) is 2.10. The van der Waals surface area contributed by atoms with Crippen molar-refractivity contribution in [3.63, 3.8) is 0 Å². The molecule has 0 radical (unpaired) electrons. The standard InChI is InChI=1S/C13H18FN3O2/c14-11-3-1-2-10(12(11)17-15)13(18)16-6-4-9-5-7-19-8-9/h1-3,9,17H,4-8,15H2,(H,16,18). The molecule has 1 fully saturated rings. The van der Waals surface area contributed by atoms with Gasteiger partial charge in [0.2, 0.25) is 0 Å². The Morgan fingerprint density at radius 3 is 3.05 bits per heavy atom. The molecule has 6 heteroatoms. The third kappa shape index (κ3) is 3.42. The van der Waals surface area contributed by atoms with Gasteiger partial charge in [0.1, 0.15) is 5.82 Å². The lowest BCUT2D eigenvalue weighted by molar-refractivity contribution is 0.0951. The van der Waals surface area contributed by atoms with Gasteiger partial charge < -0.3 is 15.5 Å². The predicted molar refractivity (Wildman–Crippen MR) is 70.1 cm³/mol. The van der Waals surface area contributed by atoms with Gasteiger partial charge >= 0.3 is 0 Å². The SMILES string of the molecule is NNc1c(F)cccc1C(=O)NCCC1CCOC1. The Morgan fingerprint density at radius 2 is 2.37 bits per heavy atom. The number of ether oxygens (including phenoxy) is 1.